The van der Waals surface area contributed by atoms with Crippen molar-refractivity contribution in [1.82, 2.24) is 24.7 Å². The van der Waals surface area contributed by atoms with Crippen LogP contribution < -0.4 is 0 Å². The number of thioether (sulfide) groups is 1. The molecule has 3 aromatic heterocycles. The molecule has 0 saturated heterocycles. The van der Waals surface area contributed by atoms with E-state index in [-0.39, 0.29) is 17.3 Å². The molecule has 30 heavy (non-hydrogen) atoms. The number of rotatable bonds is 7. The Hall–Kier alpha value is -3.00. The molecule has 0 spiro atoms. The number of nitrogens with zero attached hydrogens (tertiary/aromatic N) is 4. The van der Waals surface area contributed by atoms with Crippen molar-refractivity contribution in [2.75, 3.05) is 5.75 Å². The van der Waals surface area contributed by atoms with Gasteiger partial charge < -0.3 is 9.55 Å². The van der Waals surface area contributed by atoms with Crippen LogP contribution in [0.5, 0.6) is 0 Å². The van der Waals surface area contributed by atoms with E-state index in [1.807, 2.05) is 18.2 Å². The van der Waals surface area contributed by atoms with Crippen LogP contribution in [-0.4, -0.2) is 42.1 Å². The summed E-state index contributed by atoms with van der Waals surface area (Å²) in [5.74, 6) is 0.0277. The highest BCUT2D eigenvalue weighted by molar-refractivity contribution is 7.99. The van der Waals surface area contributed by atoms with Gasteiger partial charge in [-0.15, -0.1) is 10.2 Å². The Bertz CT molecular complexity index is 1290. The minimum Gasteiger partial charge on any atom is -0.355 e. The van der Waals surface area contributed by atoms with Gasteiger partial charge in [0, 0.05) is 23.2 Å². The highest BCUT2D eigenvalue weighted by atomic mass is 32.2. The predicted molar refractivity (Wildman–Crippen MR) is 118 cm³/mol. The van der Waals surface area contributed by atoms with E-state index in [9.17, 15) is 9.59 Å². The predicted octanol–water partition coefficient (Wildman–Crippen LogP) is 4.51. The van der Waals surface area contributed by atoms with E-state index in [1.54, 1.807) is 13.8 Å². The highest BCUT2D eigenvalue weighted by Gasteiger charge is 2.21. The molecule has 4 aromatic rings. The van der Waals surface area contributed by atoms with E-state index in [4.69, 9.17) is 4.98 Å². The Morgan fingerprint density at radius 3 is 2.63 bits per heavy atom. The van der Waals surface area contributed by atoms with Gasteiger partial charge in [0.05, 0.1) is 17.0 Å². The molecule has 0 amide bonds. The quantitative estimate of drug-likeness (QED) is 0.348. The standard InChI is InChI=1S/C22H23N5O2S/c1-5-10-27-16-9-7-6-8-15(16)20-21(27)24-22(26-25-20)30-11-17(29)19-12(2)18(14(4)28)13(3)23-19/h6-9,23H,5,10-11H2,1-4H3. The maximum Gasteiger partial charge on any atom is 0.211 e. The smallest absolute Gasteiger partial charge is 0.211 e. The summed E-state index contributed by atoms with van der Waals surface area (Å²) in [6, 6.07) is 8.08. The van der Waals surface area contributed by atoms with Crippen LogP contribution in [0.4, 0.5) is 0 Å². The van der Waals surface area contributed by atoms with Crippen molar-refractivity contribution in [2.24, 2.45) is 0 Å². The number of aromatic nitrogens is 5. The fraction of sp³-hybridized carbons (Fsp3) is 0.318. The second-order valence-corrected chi connectivity index (χ2v) is 8.27. The Kier molecular flexibility index (Phi) is 5.42. The molecule has 0 fully saturated rings. The molecule has 0 aliphatic carbocycles. The number of hydrogen-bond donors (Lipinski definition) is 1. The molecule has 0 bridgehead atoms. The first-order valence-electron chi connectivity index (χ1n) is 9.90. The topological polar surface area (TPSA) is 93.5 Å². The lowest BCUT2D eigenvalue weighted by molar-refractivity contribution is 0.101. The number of para-hydroxylation sites is 1. The van der Waals surface area contributed by atoms with E-state index in [0.29, 0.717) is 22.0 Å². The number of aryl methyl sites for hydroxylation is 2. The number of aromatic amines is 1. The van der Waals surface area contributed by atoms with E-state index in [0.717, 1.165) is 40.7 Å². The van der Waals surface area contributed by atoms with Gasteiger partial charge in [-0.3, -0.25) is 9.59 Å². The third-order valence-corrected chi connectivity index (χ3v) is 6.04. The molecule has 0 saturated carbocycles. The zero-order chi connectivity index (χ0) is 21.4. The monoisotopic (exact) mass is 421 g/mol. The zero-order valence-corrected chi connectivity index (χ0v) is 18.3. The number of carbonyl (C=O) groups is 2. The molecule has 0 atom stereocenters. The summed E-state index contributed by atoms with van der Waals surface area (Å²) in [6.45, 7) is 8.07. The zero-order valence-electron chi connectivity index (χ0n) is 17.4. The van der Waals surface area contributed by atoms with Crippen LogP contribution in [-0.2, 0) is 6.54 Å². The van der Waals surface area contributed by atoms with Gasteiger partial charge in [-0.05, 0) is 38.8 Å². The van der Waals surface area contributed by atoms with Crippen LogP contribution >= 0.6 is 11.8 Å². The van der Waals surface area contributed by atoms with Crippen molar-refractivity contribution in [1.29, 1.82) is 0 Å². The Morgan fingerprint density at radius 2 is 1.93 bits per heavy atom. The molecule has 4 rings (SSSR count). The van der Waals surface area contributed by atoms with Crippen LogP contribution in [0.15, 0.2) is 29.4 Å². The molecule has 1 aromatic carbocycles. The summed E-state index contributed by atoms with van der Waals surface area (Å²) in [7, 11) is 0. The van der Waals surface area contributed by atoms with Crippen LogP contribution in [0.1, 0.15) is 52.4 Å². The summed E-state index contributed by atoms with van der Waals surface area (Å²) in [5.41, 5.74) is 5.13. The largest absolute Gasteiger partial charge is 0.355 e. The van der Waals surface area contributed by atoms with Crippen molar-refractivity contribution in [3.8, 4) is 0 Å². The van der Waals surface area contributed by atoms with E-state index in [1.165, 1.54) is 18.7 Å². The fourth-order valence-corrected chi connectivity index (χ4v) is 4.61. The van der Waals surface area contributed by atoms with Crippen molar-refractivity contribution in [3.63, 3.8) is 0 Å². The minimum absolute atomic E-state index is 0.0466. The van der Waals surface area contributed by atoms with Crippen molar-refractivity contribution < 1.29 is 9.59 Å². The summed E-state index contributed by atoms with van der Waals surface area (Å²) < 4.78 is 2.16. The van der Waals surface area contributed by atoms with Gasteiger partial charge in [-0.25, -0.2) is 4.98 Å². The number of ketones is 2. The molecule has 0 radical (unpaired) electrons. The molecule has 8 heteroatoms. The van der Waals surface area contributed by atoms with E-state index >= 15 is 0 Å². The maximum atomic E-state index is 12.8. The van der Waals surface area contributed by atoms with Gasteiger partial charge >= 0.3 is 0 Å². The average molecular weight is 422 g/mol. The van der Waals surface area contributed by atoms with Gasteiger partial charge in [0.2, 0.25) is 5.16 Å². The summed E-state index contributed by atoms with van der Waals surface area (Å²) >= 11 is 1.25. The molecule has 154 valence electrons. The third-order valence-electron chi connectivity index (χ3n) is 5.20. The number of hydrogen-bond acceptors (Lipinski definition) is 6. The highest BCUT2D eigenvalue weighted by Crippen LogP contribution is 2.28. The number of carbonyl (C=O) groups excluding carboxylic acids is 2. The molecule has 1 N–H and O–H groups in total. The van der Waals surface area contributed by atoms with Gasteiger partial charge in [-0.1, -0.05) is 36.9 Å². The average Bonchev–Trinajstić information content (AvgIpc) is 3.20. The van der Waals surface area contributed by atoms with Crippen molar-refractivity contribution >= 4 is 45.4 Å². The number of fused-ring (bicyclic) bond motifs is 3. The van der Waals surface area contributed by atoms with E-state index < -0.39 is 0 Å². The SMILES string of the molecule is CCCn1c2ccccc2c2nnc(SCC(=O)c3[nH]c(C)c(C(C)=O)c3C)nc21. The molecular formula is C22H23N5O2S. The summed E-state index contributed by atoms with van der Waals surface area (Å²) in [4.78, 5) is 32.3. The van der Waals surface area contributed by atoms with Crippen LogP contribution in [0, 0.1) is 13.8 Å². The fourth-order valence-electron chi connectivity index (χ4n) is 3.96. The lowest BCUT2D eigenvalue weighted by Gasteiger charge is -2.05. The Labute approximate surface area is 178 Å². The van der Waals surface area contributed by atoms with Crippen LogP contribution in [0.2, 0.25) is 0 Å². The van der Waals surface area contributed by atoms with E-state index in [2.05, 4.69) is 32.7 Å². The molecule has 3 heterocycles. The van der Waals surface area contributed by atoms with Crippen molar-refractivity contribution in [3.05, 3.63) is 46.8 Å². The number of H-pyrrole nitrogens is 1. The lowest BCUT2D eigenvalue weighted by Crippen LogP contribution is -2.07. The van der Waals surface area contributed by atoms with Gasteiger partial charge in [-0.2, -0.15) is 0 Å². The maximum absolute atomic E-state index is 12.8. The second-order valence-electron chi connectivity index (χ2n) is 7.33. The Balaban J connectivity index is 1.63. The third kappa shape index (κ3) is 3.41. The molecular weight excluding hydrogens is 398 g/mol. The Morgan fingerprint density at radius 1 is 1.17 bits per heavy atom. The summed E-state index contributed by atoms with van der Waals surface area (Å²) in [6.07, 6.45) is 0.975. The molecule has 0 aliphatic heterocycles. The van der Waals surface area contributed by atoms with Gasteiger partial charge in [0.1, 0.15) is 5.52 Å². The van der Waals surface area contributed by atoms with Crippen LogP contribution in [0.25, 0.3) is 22.1 Å². The second kappa shape index (κ2) is 8.02. The van der Waals surface area contributed by atoms with Gasteiger partial charge in [0.15, 0.2) is 17.2 Å². The first kappa shape index (κ1) is 20.3. The molecule has 0 aliphatic rings. The normalized spacial score (nSPS) is 11.5. The van der Waals surface area contributed by atoms with Crippen molar-refractivity contribution in [2.45, 2.75) is 45.8 Å². The lowest BCUT2D eigenvalue weighted by atomic mass is 10.1. The molecule has 0 unspecified atom stereocenters. The molecule has 7 nitrogen and oxygen atoms in total. The van der Waals surface area contributed by atoms with Crippen LogP contribution in [0.3, 0.4) is 0 Å². The number of Topliss-reactive ketones (excluding diaryl/α,β-unsaturated/α-hetero) is 2. The van der Waals surface area contributed by atoms with Gasteiger partial charge in [0.25, 0.3) is 0 Å². The number of benzene rings is 1. The minimum atomic E-state index is -0.0918. The number of nitrogens with one attached hydrogen (secondary N) is 1. The first-order chi connectivity index (χ1) is 14.4. The summed E-state index contributed by atoms with van der Waals surface area (Å²) in [5, 5.41) is 10.1. The first-order valence-corrected chi connectivity index (χ1v) is 10.9.